The van der Waals surface area contributed by atoms with Crippen molar-refractivity contribution in [1.82, 2.24) is 9.62 Å². The van der Waals surface area contributed by atoms with E-state index in [9.17, 15) is 8.42 Å². The molecular weight excluding hydrogens is 312 g/mol. The molecule has 2 aliphatic heterocycles. The van der Waals surface area contributed by atoms with Gasteiger partial charge in [0.2, 0.25) is 10.0 Å². The van der Waals surface area contributed by atoms with Gasteiger partial charge in [0.05, 0.1) is 17.0 Å². The molecular formula is C14H19ClN2O3S. The largest absolute Gasteiger partial charge is 0.495 e. The van der Waals surface area contributed by atoms with Crippen LogP contribution in [0, 0.1) is 5.92 Å². The van der Waals surface area contributed by atoms with E-state index in [0.717, 1.165) is 19.4 Å². The first kappa shape index (κ1) is 15.1. The third-order valence-corrected chi connectivity index (χ3v) is 6.54. The van der Waals surface area contributed by atoms with Crippen LogP contribution in [0.1, 0.15) is 12.8 Å². The zero-order chi connectivity index (χ0) is 15.0. The van der Waals surface area contributed by atoms with Gasteiger partial charge in [-0.3, -0.25) is 0 Å². The van der Waals surface area contributed by atoms with Gasteiger partial charge in [-0.15, -0.1) is 0 Å². The fraction of sp³-hybridized carbons (Fsp3) is 0.571. The maximum absolute atomic E-state index is 12.7. The Morgan fingerprint density at radius 2 is 2.19 bits per heavy atom. The van der Waals surface area contributed by atoms with E-state index in [1.54, 1.807) is 16.4 Å². The number of ether oxygens (including phenoxy) is 1. The molecule has 2 aliphatic rings. The van der Waals surface area contributed by atoms with Gasteiger partial charge in [0.15, 0.2) is 0 Å². The highest BCUT2D eigenvalue weighted by Crippen LogP contribution is 2.31. The molecule has 2 atom stereocenters. The van der Waals surface area contributed by atoms with Crippen molar-refractivity contribution >= 4 is 21.6 Å². The number of sulfonamides is 1. The van der Waals surface area contributed by atoms with E-state index in [4.69, 9.17) is 16.3 Å². The second-order valence-corrected chi connectivity index (χ2v) is 7.90. The molecule has 7 heteroatoms. The van der Waals surface area contributed by atoms with E-state index < -0.39 is 10.0 Å². The molecule has 0 amide bonds. The second-order valence-electron chi connectivity index (χ2n) is 5.56. The monoisotopic (exact) mass is 330 g/mol. The van der Waals surface area contributed by atoms with Gasteiger partial charge in [-0.05, 0) is 43.5 Å². The quantitative estimate of drug-likeness (QED) is 0.917. The molecule has 1 aromatic rings. The van der Waals surface area contributed by atoms with E-state index in [2.05, 4.69) is 5.32 Å². The SMILES string of the molecule is COc1ccc(S(=O)(=O)N2CCC3NCCC3C2)cc1Cl. The van der Waals surface area contributed by atoms with Crippen LogP contribution >= 0.6 is 11.6 Å². The maximum atomic E-state index is 12.7. The smallest absolute Gasteiger partial charge is 0.243 e. The lowest BCUT2D eigenvalue weighted by Crippen LogP contribution is -2.46. The third-order valence-electron chi connectivity index (χ3n) is 4.38. The van der Waals surface area contributed by atoms with Gasteiger partial charge in [0.1, 0.15) is 5.75 Å². The predicted molar refractivity (Wildman–Crippen MR) is 81.3 cm³/mol. The van der Waals surface area contributed by atoms with E-state index in [-0.39, 0.29) is 4.90 Å². The van der Waals surface area contributed by atoms with Crippen molar-refractivity contribution in [3.63, 3.8) is 0 Å². The van der Waals surface area contributed by atoms with Gasteiger partial charge >= 0.3 is 0 Å². The van der Waals surface area contributed by atoms with Crippen LogP contribution < -0.4 is 10.1 Å². The van der Waals surface area contributed by atoms with Crippen molar-refractivity contribution in [2.24, 2.45) is 5.92 Å². The Morgan fingerprint density at radius 1 is 1.38 bits per heavy atom. The molecule has 0 aromatic heterocycles. The van der Waals surface area contributed by atoms with Gasteiger partial charge in [0.25, 0.3) is 0 Å². The van der Waals surface area contributed by atoms with Gasteiger partial charge in [0, 0.05) is 19.1 Å². The number of rotatable bonds is 3. The maximum Gasteiger partial charge on any atom is 0.243 e. The molecule has 0 aliphatic carbocycles. The zero-order valence-corrected chi connectivity index (χ0v) is 13.5. The van der Waals surface area contributed by atoms with E-state index >= 15 is 0 Å². The van der Waals surface area contributed by atoms with Crippen molar-refractivity contribution in [3.05, 3.63) is 23.2 Å². The number of hydrogen-bond donors (Lipinski definition) is 1. The highest BCUT2D eigenvalue weighted by molar-refractivity contribution is 7.89. The van der Waals surface area contributed by atoms with E-state index in [0.29, 0.717) is 35.8 Å². The molecule has 1 N–H and O–H groups in total. The van der Waals surface area contributed by atoms with Gasteiger partial charge in [-0.2, -0.15) is 4.31 Å². The molecule has 0 radical (unpaired) electrons. The first-order valence-electron chi connectivity index (χ1n) is 7.09. The minimum Gasteiger partial charge on any atom is -0.495 e. The lowest BCUT2D eigenvalue weighted by molar-refractivity contribution is 0.247. The van der Waals surface area contributed by atoms with Crippen molar-refractivity contribution in [2.45, 2.75) is 23.8 Å². The number of piperidine rings is 1. The van der Waals surface area contributed by atoms with E-state index in [1.165, 1.54) is 13.2 Å². The fourth-order valence-electron chi connectivity index (χ4n) is 3.19. The van der Waals surface area contributed by atoms with Crippen LogP contribution in [-0.4, -0.2) is 45.5 Å². The van der Waals surface area contributed by atoms with E-state index in [1.807, 2.05) is 0 Å². The van der Waals surface area contributed by atoms with Crippen LogP contribution in [0.2, 0.25) is 5.02 Å². The molecule has 116 valence electrons. The minimum absolute atomic E-state index is 0.234. The first-order chi connectivity index (χ1) is 10.0. The topological polar surface area (TPSA) is 58.6 Å². The molecule has 0 bridgehead atoms. The lowest BCUT2D eigenvalue weighted by Gasteiger charge is -2.34. The Kier molecular flexibility index (Phi) is 4.14. The summed E-state index contributed by atoms with van der Waals surface area (Å²) in [7, 11) is -1.98. The van der Waals surface area contributed by atoms with Crippen molar-refractivity contribution in [1.29, 1.82) is 0 Å². The minimum atomic E-state index is -3.48. The predicted octanol–water partition coefficient (Wildman–Crippen LogP) is 1.72. The fourth-order valence-corrected chi connectivity index (χ4v) is 5.05. The average molecular weight is 331 g/mol. The van der Waals surface area contributed by atoms with Gasteiger partial charge < -0.3 is 10.1 Å². The Bertz CT molecular complexity index is 635. The lowest BCUT2D eigenvalue weighted by atomic mass is 9.95. The Balaban J connectivity index is 1.85. The summed E-state index contributed by atoms with van der Waals surface area (Å²) in [6.45, 7) is 2.13. The Hall–Kier alpha value is -0.820. The summed E-state index contributed by atoms with van der Waals surface area (Å²) in [5, 5.41) is 3.75. The Morgan fingerprint density at radius 3 is 2.90 bits per heavy atom. The molecule has 0 spiro atoms. The highest BCUT2D eigenvalue weighted by atomic mass is 35.5. The molecule has 2 unspecified atom stereocenters. The van der Waals surface area contributed by atoms with Crippen molar-refractivity contribution in [3.8, 4) is 5.75 Å². The van der Waals surface area contributed by atoms with Gasteiger partial charge in [-0.25, -0.2) is 8.42 Å². The number of halogens is 1. The number of nitrogens with one attached hydrogen (secondary N) is 1. The van der Waals surface area contributed by atoms with Crippen LogP contribution in [0.4, 0.5) is 0 Å². The summed E-state index contributed by atoms with van der Waals surface area (Å²) in [4.78, 5) is 0.234. The number of benzene rings is 1. The summed E-state index contributed by atoms with van der Waals surface area (Å²) in [6.07, 6.45) is 1.91. The molecule has 2 saturated heterocycles. The van der Waals surface area contributed by atoms with Crippen molar-refractivity contribution in [2.75, 3.05) is 26.7 Å². The summed E-state index contributed by atoms with van der Waals surface area (Å²) in [5.74, 6) is 0.900. The molecule has 3 rings (SSSR count). The van der Waals surface area contributed by atoms with Crippen LogP contribution in [0.5, 0.6) is 5.75 Å². The average Bonchev–Trinajstić information content (AvgIpc) is 2.94. The molecule has 21 heavy (non-hydrogen) atoms. The molecule has 5 nitrogen and oxygen atoms in total. The van der Waals surface area contributed by atoms with Crippen LogP contribution in [0.3, 0.4) is 0 Å². The third kappa shape index (κ3) is 2.77. The summed E-state index contributed by atoms with van der Waals surface area (Å²) >= 11 is 6.05. The number of methoxy groups -OCH3 is 1. The molecule has 2 heterocycles. The summed E-state index contributed by atoms with van der Waals surface area (Å²) < 4.78 is 32.1. The standard InChI is InChI=1S/C14H19ClN2O3S/c1-20-14-3-2-11(8-12(14)15)21(18,19)17-7-5-13-10(9-17)4-6-16-13/h2-3,8,10,13,16H,4-7,9H2,1H3. The normalized spacial score (nSPS) is 26.6. The second kappa shape index (κ2) is 5.76. The number of nitrogens with zero attached hydrogens (tertiary/aromatic N) is 1. The number of hydrogen-bond acceptors (Lipinski definition) is 4. The zero-order valence-electron chi connectivity index (χ0n) is 11.9. The first-order valence-corrected chi connectivity index (χ1v) is 8.91. The summed E-state index contributed by atoms with van der Waals surface area (Å²) in [5.41, 5.74) is 0. The van der Waals surface area contributed by atoms with Crippen LogP contribution in [0.25, 0.3) is 0 Å². The van der Waals surface area contributed by atoms with Gasteiger partial charge in [-0.1, -0.05) is 11.6 Å². The van der Waals surface area contributed by atoms with Crippen LogP contribution in [0.15, 0.2) is 23.1 Å². The highest BCUT2D eigenvalue weighted by Gasteiger charge is 2.37. The Labute approximate surface area is 130 Å². The molecule has 2 fully saturated rings. The summed E-state index contributed by atoms with van der Waals surface area (Å²) in [6, 6.07) is 5.09. The van der Waals surface area contributed by atoms with Crippen LogP contribution in [-0.2, 0) is 10.0 Å². The molecule has 1 aromatic carbocycles. The van der Waals surface area contributed by atoms with Crippen molar-refractivity contribution < 1.29 is 13.2 Å². The molecule has 0 saturated carbocycles. The number of fused-ring (bicyclic) bond motifs is 1.